The zero-order chi connectivity index (χ0) is 24.6. The third-order valence-electron chi connectivity index (χ3n) is 5.94. The normalized spacial score (nSPS) is 17.1. The lowest BCUT2D eigenvalue weighted by molar-refractivity contribution is -0.123. The molecule has 0 unspecified atom stereocenters. The second-order valence-corrected chi connectivity index (χ2v) is 8.37. The molecule has 1 fully saturated rings. The van der Waals surface area contributed by atoms with Crippen molar-refractivity contribution < 1.29 is 18.8 Å². The molecule has 0 bridgehead atoms. The van der Waals surface area contributed by atoms with Crippen molar-refractivity contribution in [2.24, 2.45) is 0 Å². The zero-order valence-electron chi connectivity index (χ0n) is 19.0. The van der Waals surface area contributed by atoms with E-state index >= 15 is 0 Å². The summed E-state index contributed by atoms with van der Waals surface area (Å²) in [5.74, 6) is 0.00624. The third-order valence-corrected chi connectivity index (χ3v) is 5.94. The molecule has 4 amide bonds. The average molecular weight is 467 g/mol. The number of nitrogens with one attached hydrogen (secondary N) is 3. The Kier molecular flexibility index (Phi) is 5.37. The van der Waals surface area contributed by atoms with Gasteiger partial charge in [0.1, 0.15) is 5.54 Å². The van der Waals surface area contributed by atoms with E-state index in [1.165, 1.54) is 0 Å². The van der Waals surface area contributed by atoms with E-state index in [9.17, 15) is 14.4 Å². The number of rotatable bonds is 5. The maximum absolute atomic E-state index is 12.8. The second kappa shape index (κ2) is 8.53. The summed E-state index contributed by atoms with van der Waals surface area (Å²) in [6, 6.07) is 20.8. The molecule has 0 spiro atoms. The molecule has 1 atom stereocenters. The number of hydrogen-bond acceptors (Lipinski definition) is 6. The molecule has 0 saturated carbocycles. The van der Waals surface area contributed by atoms with Crippen molar-refractivity contribution >= 4 is 23.5 Å². The summed E-state index contributed by atoms with van der Waals surface area (Å²) in [6.07, 6.45) is 0. The molecule has 35 heavy (non-hydrogen) atoms. The van der Waals surface area contributed by atoms with Gasteiger partial charge < -0.3 is 15.1 Å². The highest BCUT2D eigenvalue weighted by Gasteiger charge is 2.43. The minimum absolute atomic E-state index is 0.329. The quantitative estimate of drug-likeness (QED) is 0.381. The topological polar surface area (TPSA) is 126 Å². The standard InChI is InChI=1S/C26H21N5O4/c1-15-6-3-4-9-20(15)23-31-30-22(35-23)17-12-10-16(11-13-17)21(32)27-19-8-5-7-18(14-19)26(2)24(33)28-25(34)29-26/h3-14H,1-2H3,(H,27,32)(H2,28,29,33,34)/t26-/m1/s1. The van der Waals surface area contributed by atoms with Gasteiger partial charge in [-0.3, -0.25) is 14.9 Å². The number of nitrogens with zero attached hydrogens (tertiary/aromatic N) is 2. The number of hydrogen-bond donors (Lipinski definition) is 3. The molecule has 9 heteroatoms. The number of amides is 4. The number of imide groups is 1. The van der Waals surface area contributed by atoms with E-state index in [-0.39, 0.29) is 5.91 Å². The highest BCUT2D eigenvalue weighted by molar-refractivity contribution is 6.08. The van der Waals surface area contributed by atoms with Crippen LogP contribution in [0, 0.1) is 6.92 Å². The highest BCUT2D eigenvalue weighted by Crippen LogP contribution is 2.28. The van der Waals surface area contributed by atoms with Crippen molar-refractivity contribution in [3.8, 4) is 22.9 Å². The summed E-state index contributed by atoms with van der Waals surface area (Å²) in [7, 11) is 0. The molecule has 1 saturated heterocycles. The number of carbonyl (C=O) groups excluding carboxylic acids is 3. The number of urea groups is 1. The number of carbonyl (C=O) groups is 3. The minimum atomic E-state index is -1.21. The van der Waals surface area contributed by atoms with Crippen molar-refractivity contribution in [1.82, 2.24) is 20.8 Å². The van der Waals surface area contributed by atoms with Gasteiger partial charge in [0.15, 0.2) is 0 Å². The maximum Gasteiger partial charge on any atom is 0.322 e. The fraction of sp³-hybridized carbons (Fsp3) is 0.115. The SMILES string of the molecule is Cc1ccccc1-c1nnc(-c2ccc(C(=O)Nc3cccc([C@@]4(C)NC(=O)NC4=O)c3)cc2)o1. The van der Waals surface area contributed by atoms with Gasteiger partial charge in [-0.15, -0.1) is 10.2 Å². The van der Waals surface area contributed by atoms with Gasteiger partial charge >= 0.3 is 6.03 Å². The fourth-order valence-corrected chi connectivity index (χ4v) is 3.88. The van der Waals surface area contributed by atoms with E-state index in [2.05, 4.69) is 26.1 Å². The Morgan fingerprint density at radius 1 is 0.943 bits per heavy atom. The predicted octanol–water partition coefficient (Wildman–Crippen LogP) is 4.02. The summed E-state index contributed by atoms with van der Waals surface area (Å²) in [5, 5.41) is 15.9. The van der Waals surface area contributed by atoms with Crippen LogP contribution in [0.2, 0.25) is 0 Å². The first-order valence-corrected chi connectivity index (χ1v) is 10.9. The molecule has 0 radical (unpaired) electrons. The second-order valence-electron chi connectivity index (χ2n) is 8.37. The molecular formula is C26H21N5O4. The van der Waals surface area contributed by atoms with Crippen molar-refractivity contribution in [3.63, 3.8) is 0 Å². The van der Waals surface area contributed by atoms with Gasteiger partial charge in [-0.25, -0.2) is 4.79 Å². The van der Waals surface area contributed by atoms with Gasteiger partial charge in [0.2, 0.25) is 11.8 Å². The molecule has 3 N–H and O–H groups in total. The number of anilines is 1. The lowest BCUT2D eigenvalue weighted by Gasteiger charge is -2.21. The van der Waals surface area contributed by atoms with Crippen LogP contribution < -0.4 is 16.0 Å². The molecule has 9 nitrogen and oxygen atoms in total. The Morgan fingerprint density at radius 3 is 2.40 bits per heavy atom. The minimum Gasteiger partial charge on any atom is -0.416 e. The van der Waals surface area contributed by atoms with Crippen LogP contribution >= 0.6 is 0 Å². The van der Waals surface area contributed by atoms with E-state index in [4.69, 9.17) is 4.42 Å². The lowest BCUT2D eigenvalue weighted by Crippen LogP contribution is -2.40. The fourth-order valence-electron chi connectivity index (χ4n) is 3.88. The molecule has 174 valence electrons. The van der Waals surface area contributed by atoms with Crippen molar-refractivity contribution in [2.75, 3.05) is 5.32 Å². The number of benzene rings is 3. The van der Waals surface area contributed by atoms with Crippen molar-refractivity contribution in [1.29, 1.82) is 0 Å². The van der Waals surface area contributed by atoms with Crippen LogP contribution in [0.5, 0.6) is 0 Å². The molecule has 2 heterocycles. The van der Waals surface area contributed by atoms with Crippen LogP contribution in [-0.4, -0.2) is 28.0 Å². The van der Waals surface area contributed by atoms with Crippen LogP contribution in [0.15, 0.2) is 77.2 Å². The van der Waals surface area contributed by atoms with Crippen LogP contribution in [0.3, 0.4) is 0 Å². The smallest absolute Gasteiger partial charge is 0.322 e. The largest absolute Gasteiger partial charge is 0.416 e. The van der Waals surface area contributed by atoms with E-state index in [0.29, 0.717) is 34.2 Å². The summed E-state index contributed by atoms with van der Waals surface area (Å²) in [5.41, 5.74) is 2.85. The van der Waals surface area contributed by atoms with Gasteiger partial charge in [0.25, 0.3) is 11.8 Å². The Morgan fingerprint density at radius 2 is 1.69 bits per heavy atom. The average Bonchev–Trinajstić information content (AvgIpc) is 3.44. The first kappa shape index (κ1) is 22.0. The summed E-state index contributed by atoms with van der Waals surface area (Å²) >= 11 is 0. The van der Waals surface area contributed by atoms with Gasteiger partial charge in [-0.05, 0) is 67.4 Å². The third kappa shape index (κ3) is 4.15. The number of aryl methyl sites for hydroxylation is 1. The monoisotopic (exact) mass is 467 g/mol. The molecule has 1 aliphatic heterocycles. The molecule has 4 aromatic rings. The van der Waals surface area contributed by atoms with Gasteiger partial charge in [-0.1, -0.05) is 30.3 Å². The molecular weight excluding hydrogens is 446 g/mol. The van der Waals surface area contributed by atoms with Crippen LogP contribution in [0.4, 0.5) is 10.5 Å². The molecule has 1 aliphatic rings. The summed E-state index contributed by atoms with van der Waals surface area (Å²) in [4.78, 5) is 36.6. The maximum atomic E-state index is 12.8. The Labute approximate surface area is 200 Å². The summed E-state index contributed by atoms with van der Waals surface area (Å²) < 4.78 is 5.83. The number of aromatic nitrogens is 2. The lowest BCUT2D eigenvalue weighted by atomic mass is 9.92. The highest BCUT2D eigenvalue weighted by atomic mass is 16.4. The first-order valence-electron chi connectivity index (χ1n) is 10.9. The van der Waals surface area contributed by atoms with Gasteiger partial charge in [0.05, 0.1) is 0 Å². The molecule has 1 aromatic heterocycles. The van der Waals surface area contributed by atoms with Crippen LogP contribution in [0.1, 0.15) is 28.4 Å². The Balaban J connectivity index is 1.31. The van der Waals surface area contributed by atoms with Crippen molar-refractivity contribution in [2.45, 2.75) is 19.4 Å². The molecule has 3 aromatic carbocycles. The Hall–Kier alpha value is -4.79. The van der Waals surface area contributed by atoms with Crippen molar-refractivity contribution in [3.05, 3.63) is 89.5 Å². The van der Waals surface area contributed by atoms with Crippen LogP contribution in [0.25, 0.3) is 22.9 Å². The van der Waals surface area contributed by atoms with E-state index < -0.39 is 17.5 Å². The van der Waals surface area contributed by atoms with E-state index in [1.807, 2.05) is 31.2 Å². The zero-order valence-corrected chi connectivity index (χ0v) is 19.0. The van der Waals surface area contributed by atoms with E-state index in [1.54, 1.807) is 55.5 Å². The molecule has 0 aliphatic carbocycles. The molecule has 5 rings (SSSR count). The van der Waals surface area contributed by atoms with E-state index in [0.717, 1.165) is 11.1 Å². The van der Waals surface area contributed by atoms with Crippen LogP contribution in [-0.2, 0) is 10.3 Å². The first-order chi connectivity index (χ1) is 16.8. The predicted molar refractivity (Wildman–Crippen MR) is 128 cm³/mol. The van der Waals surface area contributed by atoms with Gasteiger partial charge in [0, 0.05) is 22.4 Å². The van der Waals surface area contributed by atoms with Gasteiger partial charge in [-0.2, -0.15) is 0 Å². The summed E-state index contributed by atoms with van der Waals surface area (Å²) in [6.45, 7) is 3.58. The Bertz CT molecular complexity index is 1460.